The van der Waals surface area contributed by atoms with Crippen molar-refractivity contribution in [3.05, 3.63) is 78.9 Å². The third kappa shape index (κ3) is 3.06. The van der Waals surface area contributed by atoms with E-state index in [0.717, 1.165) is 5.46 Å². The van der Waals surface area contributed by atoms with Crippen molar-refractivity contribution in [3.8, 4) is 11.1 Å². The summed E-state index contributed by atoms with van der Waals surface area (Å²) in [6.07, 6.45) is 0. The third-order valence-corrected chi connectivity index (χ3v) is 6.49. The predicted molar refractivity (Wildman–Crippen MR) is 123 cm³/mol. The van der Waals surface area contributed by atoms with E-state index in [0.29, 0.717) is 0 Å². The van der Waals surface area contributed by atoms with Gasteiger partial charge in [-0.1, -0.05) is 66.7 Å². The van der Waals surface area contributed by atoms with Crippen LogP contribution >= 0.6 is 0 Å². The summed E-state index contributed by atoms with van der Waals surface area (Å²) in [5.74, 6) is 0. The molecule has 0 saturated carbocycles. The molecule has 0 bridgehead atoms. The Labute approximate surface area is 172 Å². The van der Waals surface area contributed by atoms with Crippen molar-refractivity contribution in [2.75, 3.05) is 0 Å². The summed E-state index contributed by atoms with van der Waals surface area (Å²) < 4.78 is 12.4. The van der Waals surface area contributed by atoms with Crippen molar-refractivity contribution in [1.29, 1.82) is 0 Å². The molecule has 2 nitrogen and oxygen atoms in total. The number of rotatable bonds is 2. The molecule has 1 fully saturated rings. The van der Waals surface area contributed by atoms with Gasteiger partial charge in [0, 0.05) is 0 Å². The second-order valence-corrected chi connectivity index (χ2v) is 8.94. The first-order chi connectivity index (χ1) is 13.8. The molecule has 0 unspecified atom stereocenters. The number of fused-ring (bicyclic) bond motifs is 2. The minimum atomic E-state index is -0.328. The zero-order valence-corrected chi connectivity index (χ0v) is 17.4. The van der Waals surface area contributed by atoms with Gasteiger partial charge in [0.2, 0.25) is 0 Å². The third-order valence-electron chi connectivity index (χ3n) is 6.49. The van der Waals surface area contributed by atoms with E-state index in [1.165, 1.54) is 32.7 Å². The van der Waals surface area contributed by atoms with Gasteiger partial charge in [-0.2, -0.15) is 0 Å². The maximum Gasteiger partial charge on any atom is 0.494 e. The fourth-order valence-electron chi connectivity index (χ4n) is 4.02. The Balaban J connectivity index is 1.54. The lowest BCUT2D eigenvalue weighted by Crippen LogP contribution is -2.41. The van der Waals surface area contributed by atoms with Crippen molar-refractivity contribution >= 4 is 34.1 Å². The van der Waals surface area contributed by atoms with E-state index in [1.807, 2.05) is 0 Å². The summed E-state index contributed by atoms with van der Waals surface area (Å²) in [5, 5.41) is 5.07. The molecular weight excluding hydrogens is 355 g/mol. The molecule has 4 aromatic rings. The molecule has 1 saturated heterocycles. The van der Waals surface area contributed by atoms with E-state index in [-0.39, 0.29) is 18.3 Å². The Morgan fingerprint density at radius 1 is 0.621 bits per heavy atom. The van der Waals surface area contributed by atoms with Gasteiger partial charge in [-0.05, 0) is 78.0 Å². The summed E-state index contributed by atoms with van der Waals surface area (Å²) >= 11 is 0. The first kappa shape index (κ1) is 18.4. The van der Waals surface area contributed by atoms with Crippen molar-refractivity contribution < 1.29 is 9.31 Å². The predicted octanol–water partition coefficient (Wildman–Crippen LogP) is 5.96. The average molecular weight is 380 g/mol. The highest BCUT2D eigenvalue weighted by atomic mass is 16.7. The van der Waals surface area contributed by atoms with Crippen LogP contribution in [0.4, 0.5) is 0 Å². The fraction of sp³-hybridized carbons (Fsp3) is 0.231. The topological polar surface area (TPSA) is 18.5 Å². The summed E-state index contributed by atoms with van der Waals surface area (Å²) in [6, 6.07) is 28.2. The minimum Gasteiger partial charge on any atom is -0.399 e. The average Bonchev–Trinajstić information content (AvgIpc) is 2.93. The van der Waals surface area contributed by atoms with Crippen LogP contribution in [0.5, 0.6) is 0 Å². The van der Waals surface area contributed by atoms with E-state index in [4.69, 9.17) is 9.31 Å². The maximum absolute atomic E-state index is 6.19. The Hall–Kier alpha value is -2.62. The number of benzene rings is 4. The van der Waals surface area contributed by atoms with Crippen LogP contribution in [0.3, 0.4) is 0 Å². The molecule has 1 aliphatic heterocycles. The highest BCUT2D eigenvalue weighted by Gasteiger charge is 2.51. The Morgan fingerprint density at radius 3 is 1.86 bits per heavy atom. The summed E-state index contributed by atoms with van der Waals surface area (Å²) in [4.78, 5) is 0. The Bertz CT molecular complexity index is 1190. The quantitative estimate of drug-likeness (QED) is 0.316. The van der Waals surface area contributed by atoms with Crippen molar-refractivity contribution in [1.82, 2.24) is 0 Å². The summed E-state index contributed by atoms with van der Waals surface area (Å²) in [6.45, 7) is 8.34. The molecule has 0 radical (unpaired) electrons. The van der Waals surface area contributed by atoms with Crippen molar-refractivity contribution in [2.45, 2.75) is 38.9 Å². The van der Waals surface area contributed by atoms with Crippen LogP contribution < -0.4 is 5.46 Å². The number of hydrogen-bond donors (Lipinski definition) is 0. The molecule has 0 amide bonds. The highest BCUT2D eigenvalue weighted by molar-refractivity contribution is 6.62. The lowest BCUT2D eigenvalue weighted by Gasteiger charge is -2.32. The van der Waals surface area contributed by atoms with Gasteiger partial charge in [-0.3, -0.25) is 0 Å². The van der Waals surface area contributed by atoms with Gasteiger partial charge < -0.3 is 9.31 Å². The van der Waals surface area contributed by atoms with Gasteiger partial charge in [-0.15, -0.1) is 0 Å². The van der Waals surface area contributed by atoms with Gasteiger partial charge in [-0.25, -0.2) is 0 Å². The van der Waals surface area contributed by atoms with Gasteiger partial charge in [0.1, 0.15) is 0 Å². The molecule has 29 heavy (non-hydrogen) atoms. The smallest absolute Gasteiger partial charge is 0.399 e. The normalized spacial score (nSPS) is 17.9. The van der Waals surface area contributed by atoms with Crippen LogP contribution in [0.15, 0.2) is 78.9 Å². The second-order valence-electron chi connectivity index (χ2n) is 8.94. The van der Waals surface area contributed by atoms with E-state index < -0.39 is 0 Å². The molecule has 1 heterocycles. The summed E-state index contributed by atoms with van der Waals surface area (Å²) in [7, 11) is -0.328. The van der Waals surface area contributed by atoms with Gasteiger partial charge in [0.05, 0.1) is 11.2 Å². The lowest BCUT2D eigenvalue weighted by molar-refractivity contribution is 0.00578. The standard InChI is InChI=1S/C26H25BO2/c1-25(2)26(3,4)29-27(28-25)22-14-12-18(13-15-22)23-11-7-10-21-16-19-8-5-6-9-20(19)17-24(21)23/h5-17H,1-4H3. The molecule has 0 aromatic heterocycles. The van der Waals surface area contributed by atoms with Crippen LogP contribution in [0.25, 0.3) is 32.7 Å². The largest absolute Gasteiger partial charge is 0.494 e. The van der Waals surface area contributed by atoms with Gasteiger partial charge in [0.25, 0.3) is 0 Å². The van der Waals surface area contributed by atoms with Crippen molar-refractivity contribution in [3.63, 3.8) is 0 Å². The molecule has 4 aromatic carbocycles. The van der Waals surface area contributed by atoms with Gasteiger partial charge in [0.15, 0.2) is 0 Å². The van der Waals surface area contributed by atoms with E-state index in [9.17, 15) is 0 Å². The van der Waals surface area contributed by atoms with E-state index >= 15 is 0 Å². The molecule has 1 aliphatic rings. The summed E-state index contributed by atoms with van der Waals surface area (Å²) in [5.41, 5.74) is 2.85. The molecule has 3 heteroatoms. The van der Waals surface area contributed by atoms with Crippen LogP contribution in [-0.4, -0.2) is 18.3 Å². The maximum atomic E-state index is 6.19. The Kier molecular flexibility index (Phi) is 4.09. The van der Waals surface area contributed by atoms with E-state index in [1.54, 1.807) is 0 Å². The van der Waals surface area contributed by atoms with Gasteiger partial charge >= 0.3 is 7.12 Å². The zero-order valence-electron chi connectivity index (χ0n) is 17.4. The van der Waals surface area contributed by atoms with Crippen LogP contribution in [0.2, 0.25) is 0 Å². The molecule has 0 aliphatic carbocycles. The van der Waals surface area contributed by atoms with Crippen molar-refractivity contribution in [2.24, 2.45) is 0 Å². The van der Waals surface area contributed by atoms with Crippen LogP contribution in [0.1, 0.15) is 27.7 Å². The molecule has 5 rings (SSSR count). The second kappa shape index (κ2) is 6.45. The van der Waals surface area contributed by atoms with E-state index in [2.05, 4.69) is 107 Å². The fourth-order valence-corrected chi connectivity index (χ4v) is 4.02. The first-order valence-electron chi connectivity index (χ1n) is 10.2. The molecular formula is C26H25BO2. The molecule has 0 spiro atoms. The highest BCUT2D eigenvalue weighted by Crippen LogP contribution is 2.37. The number of hydrogen-bond acceptors (Lipinski definition) is 2. The lowest BCUT2D eigenvalue weighted by atomic mass is 9.78. The van der Waals surface area contributed by atoms with Crippen LogP contribution in [0, 0.1) is 0 Å². The molecule has 0 atom stereocenters. The monoisotopic (exact) mass is 380 g/mol. The first-order valence-corrected chi connectivity index (χ1v) is 10.2. The molecule has 0 N–H and O–H groups in total. The Morgan fingerprint density at radius 2 is 1.21 bits per heavy atom. The molecule has 144 valence electrons. The van der Waals surface area contributed by atoms with Crippen LogP contribution in [-0.2, 0) is 9.31 Å². The minimum absolute atomic E-state index is 0.326. The SMILES string of the molecule is CC1(C)OB(c2ccc(-c3cccc4cc5ccccc5cc34)cc2)OC1(C)C. The zero-order chi connectivity index (χ0) is 20.2.